The van der Waals surface area contributed by atoms with Gasteiger partial charge in [0.05, 0.1) is 14.2 Å². The maximum atomic E-state index is 10.5. The smallest absolute Gasteiger partial charge is 0.328 e. The SMILES string of the molecule is COc1cc2cc(C=CC(=O)O)sc2cc1OC. The maximum Gasteiger partial charge on any atom is 0.328 e. The number of aliphatic carboxylic acids is 1. The van der Waals surface area contributed by atoms with Gasteiger partial charge in [-0.2, -0.15) is 0 Å². The topological polar surface area (TPSA) is 55.8 Å². The molecule has 0 amide bonds. The Kier molecular flexibility index (Phi) is 3.53. The summed E-state index contributed by atoms with van der Waals surface area (Å²) >= 11 is 1.50. The molecule has 0 saturated heterocycles. The van der Waals surface area contributed by atoms with E-state index in [9.17, 15) is 4.79 Å². The van der Waals surface area contributed by atoms with Crippen LogP contribution in [0.5, 0.6) is 11.5 Å². The van der Waals surface area contributed by atoms with Gasteiger partial charge in [-0.05, 0) is 23.6 Å². The van der Waals surface area contributed by atoms with Crippen molar-refractivity contribution in [3.8, 4) is 11.5 Å². The zero-order chi connectivity index (χ0) is 13.1. The van der Waals surface area contributed by atoms with Gasteiger partial charge in [-0.15, -0.1) is 11.3 Å². The van der Waals surface area contributed by atoms with E-state index in [1.807, 2.05) is 18.2 Å². The molecule has 18 heavy (non-hydrogen) atoms. The third kappa shape index (κ3) is 2.46. The van der Waals surface area contributed by atoms with E-state index in [1.54, 1.807) is 20.3 Å². The Labute approximate surface area is 108 Å². The zero-order valence-electron chi connectivity index (χ0n) is 9.97. The molecule has 0 aliphatic carbocycles. The number of rotatable bonds is 4. The number of hydrogen-bond acceptors (Lipinski definition) is 4. The first-order chi connectivity index (χ1) is 8.63. The number of hydrogen-bond donors (Lipinski definition) is 1. The van der Waals surface area contributed by atoms with Crippen molar-refractivity contribution >= 4 is 33.5 Å². The predicted molar refractivity (Wildman–Crippen MR) is 71.6 cm³/mol. The largest absolute Gasteiger partial charge is 0.493 e. The van der Waals surface area contributed by atoms with Crippen molar-refractivity contribution in [2.24, 2.45) is 0 Å². The number of carboxylic acids is 1. The highest BCUT2D eigenvalue weighted by atomic mass is 32.1. The van der Waals surface area contributed by atoms with E-state index in [-0.39, 0.29) is 0 Å². The van der Waals surface area contributed by atoms with E-state index in [2.05, 4.69) is 0 Å². The van der Waals surface area contributed by atoms with E-state index in [0.717, 1.165) is 21.0 Å². The molecule has 5 heteroatoms. The van der Waals surface area contributed by atoms with E-state index in [4.69, 9.17) is 14.6 Å². The van der Waals surface area contributed by atoms with Crippen LogP contribution in [0.15, 0.2) is 24.3 Å². The van der Waals surface area contributed by atoms with E-state index in [0.29, 0.717) is 11.5 Å². The minimum atomic E-state index is -0.956. The Morgan fingerprint density at radius 3 is 2.50 bits per heavy atom. The normalized spacial score (nSPS) is 11.0. The van der Waals surface area contributed by atoms with Gasteiger partial charge in [0.15, 0.2) is 11.5 Å². The van der Waals surface area contributed by atoms with Crippen LogP contribution in [0.3, 0.4) is 0 Å². The fraction of sp³-hybridized carbons (Fsp3) is 0.154. The van der Waals surface area contributed by atoms with E-state index in [1.165, 1.54) is 11.3 Å². The molecule has 0 radical (unpaired) electrons. The molecule has 94 valence electrons. The lowest BCUT2D eigenvalue weighted by Gasteiger charge is -2.06. The molecule has 0 spiro atoms. The van der Waals surface area contributed by atoms with Crippen molar-refractivity contribution in [2.45, 2.75) is 0 Å². The lowest BCUT2D eigenvalue weighted by Crippen LogP contribution is -1.89. The van der Waals surface area contributed by atoms with Gasteiger partial charge in [0.25, 0.3) is 0 Å². The first-order valence-corrected chi connectivity index (χ1v) is 6.02. The van der Waals surface area contributed by atoms with Gasteiger partial charge >= 0.3 is 5.97 Å². The third-order valence-corrected chi connectivity index (χ3v) is 3.49. The van der Waals surface area contributed by atoms with Crippen molar-refractivity contribution in [3.63, 3.8) is 0 Å². The Morgan fingerprint density at radius 2 is 1.89 bits per heavy atom. The summed E-state index contributed by atoms with van der Waals surface area (Å²) in [5.41, 5.74) is 0. The molecule has 2 aromatic rings. The molecule has 0 aliphatic rings. The molecule has 0 fully saturated rings. The molecule has 1 N–H and O–H groups in total. The van der Waals surface area contributed by atoms with E-state index >= 15 is 0 Å². The first-order valence-electron chi connectivity index (χ1n) is 5.20. The van der Waals surface area contributed by atoms with Crippen LogP contribution in [-0.4, -0.2) is 25.3 Å². The monoisotopic (exact) mass is 264 g/mol. The summed E-state index contributed by atoms with van der Waals surface area (Å²) in [5, 5.41) is 9.59. The maximum absolute atomic E-state index is 10.5. The molecular weight excluding hydrogens is 252 g/mol. The Hall–Kier alpha value is -2.01. The van der Waals surface area contributed by atoms with Gasteiger partial charge < -0.3 is 14.6 Å². The highest BCUT2D eigenvalue weighted by Gasteiger charge is 2.08. The molecule has 0 aliphatic heterocycles. The van der Waals surface area contributed by atoms with Crippen molar-refractivity contribution in [3.05, 3.63) is 29.2 Å². The summed E-state index contributed by atoms with van der Waals surface area (Å²) in [4.78, 5) is 11.3. The highest BCUT2D eigenvalue weighted by Crippen LogP contribution is 2.36. The molecule has 0 unspecified atom stereocenters. The number of methoxy groups -OCH3 is 2. The lowest BCUT2D eigenvalue weighted by atomic mass is 10.2. The van der Waals surface area contributed by atoms with Crippen LogP contribution >= 0.6 is 11.3 Å². The third-order valence-electron chi connectivity index (χ3n) is 2.43. The summed E-state index contributed by atoms with van der Waals surface area (Å²) in [6, 6.07) is 5.68. The van der Waals surface area contributed by atoms with Crippen LogP contribution in [0.25, 0.3) is 16.2 Å². The van der Waals surface area contributed by atoms with Crippen LogP contribution in [0, 0.1) is 0 Å². The second-order valence-corrected chi connectivity index (χ2v) is 4.68. The van der Waals surface area contributed by atoms with Crippen LogP contribution in [0.4, 0.5) is 0 Å². The summed E-state index contributed by atoms with van der Waals surface area (Å²) < 4.78 is 11.5. The number of carboxylic acid groups (broad SMARTS) is 1. The Bertz CT molecular complexity index is 572. The average Bonchev–Trinajstić information content (AvgIpc) is 2.76. The molecule has 1 aromatic heterocycles. The van der Waals surface area contributed by atoms with Crippen molar-refractivity contribution < 1.29 is 19.4 Å². The average molecular weight is 264 g/mol. The van der Waals surface area contributed by atoms with Crippen molar-refractivity contribution in [1.82, 2.24) is 0 Å². The number of carbonyl (C=O) groups is 1. The molecule has 1 heterocycles. The number of ether oxygens (including phenoxy) is 2. The highest BCUT2D eigenvalue weighted by molar-refractivity contribution is 7.19. The summed E-state index contributed by atoms with van der Waals surface area (Å²) in [6.45, 7) is 0. The first kappa shape index (κ1) is 12.4. The molecule has 0 saturated carbocycles. The second kappa shape index (κ2) is 5.10. The lowest BCUT2D eigenvalue weighted by molar-refractivity contribution is -0.131. The molecule has 0 bridgehead atoms. The van der Waals surface area contributed by atoms with Crippen molar-refractivity contribution in [2.75, 3.05) is 14.2 Å². The van der Waals surface area contributed by atoms with Gasteiger partial charge in [0, 0.05) is 21.7 Å². The molecular formula is C13H12O4S. The zero-order valence-corrected chi connectivity index (χ0v) is 10.8. The summed E-state index contributed by atoms with van der Waals surface area (Å²) in [6.07, 6.45) is 2.70. The fourth-order valence-corrected chi connectivity index (χ4v) is 2.60. The van der Waals surface area contributed by atoms with Crippen LogP contribution in [-0.2, 0) is 4.79 Å². The van der Waals surface area contributed by atoms with Gasteiger partial charge in [0.2, 0.25) is 0 Å². The quantitative estimate of drug-likeness (QED) is 0.862. The Balaban J connectivity index is 2.47. The summed E-state index contributed by atoms with van der Waals surface area (Å²) in [5.74, 6) is 0.375. The van der Waals surface area contributed by atoms with Crippen LogP contribution in [0.2, 0.25) is 0 Å². The fourth-order valence-electron chi connectivity index (χ4n) is 1.62. The van der Waals surface area contributed by atoms with Crippen molar-refractivity contribution in [1.29, 1.82) is 0 Å². The minimum absolute atomic E-state index is 0.663. The molecule has 2 rings (SSSR count). The standard InChI is InChI=1S/C13H12O4S/c1-16-10-6-8-5-9(3-4-13(14)15)18-12(8)7-11(10)17-2/h3-7H,1-2H3,(H,14,15). The second-order valence-electron chi connectivity index (χ2n) is 3.57. The van der Waals surface area contributed by atoms with E-state index < -0.39 is 5.97 Å². The van der Waals surface area contributed by atoms with Crippen LogP contribution in [0.1, 0.15) is 4.88 Å². The number of fused-ring (bicyclic) bond motifs is 1. The molecule has 0 atom stereocenters. The summed E-state index contributed by atoms with van der Waals surface area (Å²) in [7, 11) is 3.17. The Morgan fingerprint density at radius 1 is 1.22 bits per heavy atom. The van der Waals surface area contributed by atoms with Gasteiger partial charge in [-0.3, -0.25) is 0 Å². The number of thiophene rings is 1. The minimum Gasteiger partial charge on any atom is -0.493 e. The van der Waals surface area contributed by atoms with Gasteiger partial charge in [-0.25, -0.2) is 4.79 Å². The molecule has 4 nitrogen and oxygen atoms in total. The predicted octanol–water partition coefficient (Wildman–Crippen LogP) is 3.02. The molecule has 1 aromatic carbocycles. The number of benzene rings is 1. The van der Waals surface area contributed by atoms with Crippen LogP contribution < -0.4 is 9.47 Å². The van der Waals surface area contributed by atoms with Gasteiger partial charge in [0.1, 0.15) is 0 Å². The van der Waals surface area contributed by atoms with Gasteiger partial charge in [-0.1, -0.05) is 0 Å².